The molecule has 2 heterocycles. The lowest BCUT2D eigenvalue weighted by molar-refractivity contribution is -0.00477. The second-order valence-electron chi connectivity index (χ2n) is 7.92. The third-order valence-corrected chi connectivity index (χ3v) is 10.5. The van der Waals surface area contributed by atoms with E-state index < -0.39 is 54.2 Å². The molecule has 2 aliphatic rings. The van der Waals surface area contributed by atoms with Crippen LogP contribution < -0.4 is 0 Å². The van der Waals surface area contributed by atoms with Crippen molar-refractivity contribution in [2.24, 2.45) is 0 Å². The van der Waals surface area contributed by atoms with E-state index in [4.69, 9.17) is 25.7 Å². The van der Waals surface area contributed by atoms with Crippen molar-refractivity contribution in [2.45, 2.75) is 76.2 Å². The average molecular weight is 400 g/mol. The zero-order valence-electron chi connectivity index (χ0n) is 17.6. The Morgan fingerprint density at radius 1 is 1.16 bits per heavy atom. The highest BCUT2D eigenvalue weighted by Crippen LogP contribution is 2.39. The van der Waals surface area contributed by atoms with Gasteiger partial charge in [-0.1, -0.05) is 20.8 Å². The first-order chi connectivity index (χ1) is 12.4. The topological polar surface area (TPSA) is 83.5 Å². The number of rotatable bonds is 8. The van der Waals surface area contributed by atoms with Crippen molar-refractivity contribution in [3.63, 3.8) is 0 Å². The summed E-state index contributed by atoms with van der Waals surface area (Å²) in [5.41, 5.74) is 0. The first kappa shape index (κ1) is 18.4. The Hall–Kier alpha value is 0.0769. The van der Waals surface area contributed by atoms with Crippen LogP contribution in [0.2, 0.25) is 18.1 Å². The summed E-state index contributed by atoms with van der Waals surface area (Å²) in [4.78, 5) is 0. The van der Waals surface area contributed by atoms with Crippen LogP contribution in [0, 0.1) is 0 Å². The molecular formula is C16H32O7PSi+. The van der Waals surface area contributed by atoms with Crippen LogP contribution in [-0.2, 0) is 27.5 Å². The van der Waals surface area contributed by atoms with Gasteiger partial charge in [0.1, 0.15) is 24.4 Å². The second-order valence-corrected chi connectivity index (χ2v) is 13.6. The zero-order chi connectivity index (χ0) is 20.4. The lowest BCUT2D eigenvalue weighted by atomic mass is 10.2. The van der Waals surface area contributed by atoms with Gasteiger partial charge in [0.2, 0.25) is 0 Å². The molecule has 9 heteroatoms. The van der Waals surface area contributed by atoms with Crippen molar-refractivity contribution in [3.05, 3.63) is 0 Å². The number of aliphatic hydroxyl groups excluding tert-OH is 1. The van der Waals surface area contributed by atoms with Crippen LogP contribution in [-0.4, -0.2) is 64.2 Å². The molecule has 2 rings (SSSR count). The van der Waals surface area contributed by atoms with Crippen molar-refractivity contribution in [1.82, 2.24) is 0 Å². The smallest absolute Gasteiger partial charge is 0.414 e. The molecule has 7 nitrogen and oxygen atoms in total. The maximum atomic E-state index is 12.3. The summed E-state index contributed by atoms with van der Waals surface area (Å²) < 4.78 is 55.5. The monoisotopic (exact) mass is 399 g/mol. The Balaban J connectivity index is 1.89. The van der Waals surface area contributed by atoms with Gasteiger partial charge in [-0.3, -0.25) is 0 Å². The summed E-state index contributed by atoms with van der Waals surface area (Å²) in [6.07, 6.45) is -1.89. The Morgan fingerprint density at radius 2 is 1.68 bits per heavy atom. The van der Waals surface area contributed by atoms with Gasteiger partial charge in [0, 0.05) is 30.6 Å². The lowest BCUT2D eigenvalue weighted by Crippen LogP contribution is -2.44. The fourth-order valence-corrected chi connectivity index (χ4v) is 4.26. The molecule has 0 amide bonds. The molecule has 0 aromatic heterocycles. The molecular weight excluding hydrogens is 363 g/mol. The largest absolute Gasteiger partial charge is 0.698 e. The van der Waals surface area contributed by atoms with Crippen LogP contribution in [0.25, 0.3) is 0 Å². The predicted molar refractivity (Wildman–Crippen MR) is 96.3 cm³/mol. The van der Waals surface area contributed by atoms with Crippen LogP contribution in [0.5, 0.6) is 0 Å². The quantitative estimate of drug-likeness (QED) is 0.496. The fraction of sp³-hybridized carbons (Fsp3) is 1.00. The van der Waals surface area contributed by atoms with Gasteiger partial charge in [-0.15, -0.1) is 9.05 Å². The SMILES string of the molecule is [3H][C@@H]1CC(O[P+](=O)O[C@@H]2C[C@@H]([3H])O[C@@H]2CO)[C@@H](CO[Si](C)(C)C(C)(C)C)O1. The van der Waals surface area contributed by atoms with Crippen LogP contribution in [0.4, 0.5) is 0 Å². The highest BCUT2D eigenvalue weighted by atomic mass is 31.1. The molecule has 2 fully saturated rings. The number of hydrogen-bond donors (Lipinski definition) is 1. The highest BCUT2D eigenvalue weighted by Gasteiger charge is 2.44. The van der Waals surface area contributed by atoms with Gasteiger partial charge in [-0.05, 0) is 18.1 Å². The predicted octanol–water partition coefficient (Wildman–Crippen LogP) is 3.01. The van der Waals surface area contributed by atoms with E-state index in [9.17, 15) is 9.67 Å². The van der Waals surface area contributed by atoms with Crippen LogP contribution >= 0.6 is 8.25 Å². The summed E-state index contributed by atoms with van der Waals surface area (Å²) in [6.45, 7) is 9.08. The van der Waals surface area contributed by atoms with Gasteiger partial charge in [0.15, 0.2) is 8.32 Å². The van der Waals surface area contributed by atoms with Crippen LogP contribution in [0.3, 0.4) is 0 Å². The number of ether oxygens (including phenoxy) is 2. The molecule has 0 spiro atoms. The van der Waals surface area contributed by atoms with E-state index in [-0.39, 0.29) is 31.1 Å². The molecule has 146 valence electrons. The van der Waals surface area contributed by atoms with Crippen molar-refractivity contribution in [3.8, 4) is 0 Å². The number of aliphatic hydroxyl groups is 1. The van der Waals surface area contributed by atoms with Crippen molar-refractivity contribution < 1.29 is 35.4 Å². The van der Waals surface area contributed by atoms with E-state index in [0.717, 1.165) is 0 Å². The van der Waals surface area contributed by atoms with E-state index in [0.29, 0.717) is 0 Å². The zero-order valence-corrected chi connectivity index (χ0v) is 17.5. The molecule has 0 aromatic carbocycles. The molecule has 7 atom stereocenters. The molecule has 0 radical (unpaired) electrons. The summed E-state index contributed by atoms with van der Waals surface area (Å²) in [6, 6.07) is 0. The first-order valence-electron chi connectivity index (χ1n) is 9.79. The molecule has 2 aliphatic heterocycles. The summed E-state index contributed by atoms with van der Waals surface area (Å²) in [5.74, 6) is 0. The molecule has 0 aromatic rings. The summed E-state index contributed by atoms with van der Waals surface area (Å²) >= 11 is 0. The molecule has 2 saturated heterocycles. The minimum Gasteiger partial charge on any atom is -0.414 e. The first-order valence-corrected chi connectivity index (χ1v) is 12.6. The van der Waals surface area contributed by atoms with E-state index in [1.54, 1.807) is 0 Å². The maximum Gasteiger partial charge on any atom is 0.698 e. The normalized spacial score (nSPS) is 38.6. The lowest BCUT2D eigenvalue weighted by Gasteiger charge is -2.37. The molecule has 1 N–H and O–H groups in total. The standard InChI is InChI=1S/C16H32O7PSi/c1-16(2,3)25(4,5)21-11-15-13(7-9-20-15)23-24(18)22-12-6-8-19-14(12)10-17/h12-15,17H,6-11H2,1-5H3/q+1/t12-,13?,14-,15-/m1/s1/i8T,9T/t8-,9-,12-,13?,14-,15-. The van der Waals surface area contributed by atoms with Crippen LogP contribution in [0.1, 0.15) is 36.4 Å². The van der Waals surface area contributed by atoms with E-state index in [1.165, 1.54) is 0 Å². The Bertz CT molecular complexity index is 519. The third kappa shape index (κ3) is 5.78. The Kier molecular flexibility index (Phi) is 6.52. The molecule has 0 saturated carbocycles. The van der Waals surface area contributed by atoms with Crippen molar-refractivity contribution in [1.29, 1.82) is 0 Å². The number of hydrogen-bond acceptors (Lipinski definition) is 7. The molecule has 25 heavy (non-hydrogen) atoms. The minimum atomic E-state index is -2.49. The maximum absolute atomic E-state index is 12.3. The average Bonchev–Trinajstić information content (AvgIpc) is 3.06. The van der Waals surface area contributed by atoms with Gasteiger partial charge in [-0.2, -0.15) is 0 Å². The second kappa shape index (κ2) is 8.84. The Labute approximate surface area is 155 Å². The molecule has 2 unspecified atom stereocenters. The van der Waals surface area contributed by atoms with Crippen LogP contribution in [0.15, 0.2) is 0 Å². The van der Waals surface area contributed by atoms with Gasteiger partial charge >= 0.3 is 8.25 Å². The van der Waals surface area contributed by atoms with Gasteiger partial charge in [0.25, 0.3) is 0 Å². The minimum absolute atomic E-state index is 0.0468. The van der Waals surface area contributed by atoms with E-state index >= 15 is 0 Å². The van der Waals surface area contributed by atoms with Gasteiger partial charge < -0.3 is 19.0 Å². The summed E-state index contributed by atoms with van der Waals surface area (Å²) in [7, 11) is -4.47. The van der Waals surface area contributed by atoms with Gasteiger partial charge in [0.05, 0.1) is 16.0 Å². The van der Waals surface area contributed by atoms with Crippen molar-refractivity contribution in [2.75, 3.05) is 26.4 Å². The van der Waals surface area contributed by atoms with E-state index in [2.05, 4.69) is 33.9 Å². The van der Waals surface area contributed by atoms with E-state index in [1.807, 2.05) is 0 Å². The highest BCUT2D eigenvalue weighted by molar-refractivity contribution is 7.33. The summed E-state index contributed by atoms with van der Waals surface area (Å²) in [5, 5.41) is 9.31. The molecule has 0 aliphatic carbocycles. The van der Waals surface area contributed by atoms with Gasteiger partial charge in [-0.25, -0.2) is 0 Å². The van der Waals surface area contributed by atoms with Crippen molar-refractivity contribution >= 4 is 16.6 Å². The third-order valence-electron chi connectivity index (χ3n) is 5.07. The molecule has 0 bridgehead atoms. The fourth-order valence-electron chi connectivity index (χ4n) is 2.31. The Morgan fingerprint density at radius 3 is 2.20 bits per heavy atom.